The van der Waals surface area contributed by atoms with Crippen molar-refractivity contribution in [2.24, 2.45) is 0 Å². The zero-order valence-electron chi connectivity index (χ0n) is 15.8. The fourth-order valence-electron chi connectivity index (χ4n) is 3.21. The van der Waals surface area contributed by atoms with Gasteiger partial charge in [-0.15, -0.1) is 0 Å². The number of fused-ring (bicyclic) bond motifs is 1. The molecule has 0 radical (unpaired) electrons. The number of carboxylic acids is 1. The molecule has 4 aromatic rings. The Balaban J connectivity index is 1.87. The molecule has 154 valence electrons. The molecule has 2 aromatic carbocycles. The number of aryl methyl sites for hydroxylation is 1. The number of benzene rings is 2. The topological polar surface area (TPSA) is 60.0 Å². The predicted molar refractivity (Wildman–Crippen MR) is 112 cm³/mol. The fourth-order valence-corrected chi connectivity index (χ4v) is 4.38. The van der Waals surface area contributed by atoms with Crippen LogP contribution in [0.4, 0.5) is 8.78 Å². The summed E-state index contributed by atoms with van der Waals surface area (Å²) in [6.45, 7) is 2.75. The van der Waals surface area contributed by atoms with Crippen LogP contribution in [0.2, 0.25) is 5.02 Å². The number of halogens is 3. The second-order valence-corrected chi connectivity index (χ2v) is 8.10. The molecular formula is C21H16ClF2N3O2S. The van der Waals surface area contributed by atoms with Crippen molar-refractivity contribution in [3.63, 3.8) is 0 Å². The smallest absolute Gasteiger partial charge is 0.338 e. The van der Waals surface area contributed by atoms with E-state index in [0.717, 1.165) is 24.7 Å². The number of aromatic nitrogens is 3. The van der Waals surface area contributed by atoms with Crippen LogP contribution in [0.5, 0.6) is 0 Å². The van der Waals surface area contributed by atoms with Crippen LogP contribution < -0.4 is 0 Å². The number of rotatable bonds is 6. The lowest BCUT2D eigenvalue weighted by atomic mass is 10.2. The monoisotopic (exact) mass is 447 g/mol. The van der Waals surface area contributed by atoms with Gasteiger partial charge in [0.2, 0.25) is 0 Å². The number of carbonyl (C=O) groups is 1. The van der Waals surface area contributed by atoms with E-state index < -0.39 is 23.2 Å². The first-order valence-corrected chi connectivity index (χ1v) is 10.3. The Hall–Kier alpha value is -2.84. The average Bonchev–Trinajstić information content (AvgIpc) is 3.31. The van der Waals surface area contributed by atoms with Gasteiger partial charge in [0.1, 0.15) is 0 Å². The third-order valence-corrected chi connectivity index (χ3v) is 5.96. The Morgan fingerprint density at radius 1 is 1.17 bits per heavy atom. The van der Waals surface area contributed by atoms with Crippen LogP contribution in [-0.4, -0.2) is 25.4 Å². The van der Waals surface area contributed by atoms with Gasteiger partial charge in [-0.2, -0.15) is 5.10 Å². The van der Waals surface area contributed by atoms with E-state index in [4.69, 9.17) is 16.7 Å². The number of aromatic carboxylic acids is 1. The highest BCUT2D eigenvalue weighted by Crippen LogP contribution is 2.40. The third-order valence-electron chi connectivity index (χ3n) is 4.59. The molecule has 0 amide bonds. The summed E-state index contributed by atoms with van der Waals surface area (Å²) in [7, 11) is 0. The Kier molecular flexibility index (Phi) is 5.53. The molecule has 0 atom stereocenters. The summed E-state index contributed by atoms with van der Waals surface area (Å²) in [5, 5.41) is 14.0. The van der Waals surface area contributed by atoms with Gasteiger partial charge >= 0.3 is 5.97 Å². The standard InChI is InChI=1S/C21H16ClF2N3O2S/c1-2-8-26-10-12(9-25-26)27-11-17(13-6-7-15(22)19(24)20(13)27)30-16-5-3-4-14(18(16)23)21(28)29/h3-7,9-11H,2,8H2,1H3,(H,28,29). The van der Waals surface area contributed by atoms with Gasteiger partial charge in [0.15, 0.2) is 11.6 Å². The maximum absolute atomic E-state index is 15.0. The van der Waals surface area contributed by atoms with Crippen LogP contribution in [0.1, 0.15) is 23.7 Å². The molecule has 0 aliphatic rings. The summed E-state index contributed by atoms with van der Waals surface area (Å²) in [6.07, 6.45) is 5.99. The van der Waals surface area contributed by atoms with Crippen LogP contribution in [-0.2, 0) is 6.54 Å². The molecule has 5 nitrogen and oxygen atoms in total. The lowest BCUT2D eigenvalue weighted by Crippen LogP contribution is -2.01. The molecule has 0 bridgehead atoms. The van der Waals surface area contributed by atoms with Crippen LogP contribution in [0.15, 0.2) is 58.7 Å². The molecule has 1 N–H and O–H groups in total. The minimum Gasteiger partial charge on any atom is -0.478 e. The molecule has 0 saturated heterocycles. The van der Waals surface area contributed by atoms with E-state index in [2.05, 4.69) is 5.10 Å². The van der Waals surface area contributed by atoms with E-state index >= 15 is 0 Å². The van der Waals surface area contributed by atoms with Crippen molar-refractivity contribution in [3.05, 3.63) is 71.1 Å². The largest absolute Gasteiger partial charge is 0.478 e. The van der Waals surface area contributed by atoms with Crippen molar-refractivity contribution in [1.29, 1.82) is 0 Å². The average molecular weight is 448 g/mol. The van der Waals surface area contributed by atoms with Gasteiger partial charge in [0.05, 0.1) is 28.0 Å². The second kappa shape index (κ2) is 8.12. The minimum atomic E-state index is -1.35. The molecule has 0 unspecified atom stereocenters. The first-order chi connectivity index (χ1) is 14.4. The lowest BCUT2D eigenvalue weighted by molar-refractivity contribution is 0.0691. The van der Waals surface area contributed by atoms with Gasteiger partial charge in [-0.25, -0.2) is 13.6 Å². The fraction of sp³-hybridized carbons (Fsp3) is 0.143. The second-order valence-electron chi connectivity index (χ2n) is 6.61. The molecule has 0 aliphatic heterocycles. The van der Waals surface area contributed by atoms with E-state index in [1.54, 1.807) is 33.9 Å². The SMILES string of the molecule is CCCn1cc(-n2cc(Sc3cccc(C(=O)O)c3F)c3ccc(Cl)c(F)c32)cn1. The molecule has 0 saturated carbocycles. The predicted octanol–water partition coefficient (Wildman–Crippen LogP) is 6.02. The Morgan fingerprint density at radius 3 is 2.70 bits per heavy atom. The van der Waals surface area contributed by atoms with Gasteiger partial charge in [0, 0.05) is 34.1 Å². The molecule has 30 heavy (non-hydrogen) atoms. The molecule has 2 heterocycles. The van der Waals surface area contributed by atoms with Gasteiger partial charge < -0.3 is 9.67 Å². The zero-order chi connectivity index (χ0) is 21.4. The normalized spacial score (nSPS) is 11.3. The molecule has 0 fully saturated rings. The Morgan fingerprint density at radius 2 is 1.97 bits per heavy atom. The highest BCUT2D eigenvalue weighted by atomic mass is 35.5. The van der Waals surface area contributed by atoms with Crippen LogP contribution in [0, 0.1) is 11.6 Å². The summed E-state index contributed by atoms with van der Waals surface area (Å²) in [4.78, 5) is 11.9. The van der Waals surface area contributed by atoms with Gasteiger partial charge in [-0.1, -0.05) is 36.4 Å². The summed E-state index contributed by atoms with van der Waals surface area (Å²) in [6, 6.07) is 7.27. The van der Waals surface area contributed by atoms with E-state index in [9.17, 15) is 13.6 Å². The molecular weight excluding hydrogens is 432 g/mol. The van der Waals surface area contributed by atoms with Crippen molar-refractivity contribution < 1.29 is 18.7 Å². The molecule has 0 aliphatic carbocycles. The maximum Gasteiger partial charge on any atom is 0.338 e. The van der Waals surface area contributed by atoms with Crippen LogP contribution >= 0.6 is 23.4 Å². The quantitative estimate of drug-likeness (QED) is 0.392. The Labute approximate surface area is 179 Å². The number of nitrogens with zero attached hydrogens (tertiary/aromatic N) is 3. The number of hydrogen-bond acceptors (Lipinski definition) is 3. The minimum absolute atomic E-state index is 0.0293. The van der Waals surface area contributed by atoms with E-state index in [-0.39, 0.29) is 15.4 Å². The summed E-state index contributed by atoms with van der Waals surface area (Å²) < 4.78 is 33.0. The van der Waals surface area contributed by atoms with Gasteiger partial charge in [-0.3, -0.25) is 4.68 Å². The van der Waals surface area contributed by atoms with Gasteiger partial charge in [-0.05, 0) is 30.7 Å². The van der Waals surface area contributed by atoms with E-state index in [1.165, 1.54) is 24.3 Å². The van der Waals surface area contributed by atoms with Gasteiger partial charge in [0.25, 0.3) is 0 Å². The van der Waals surface area contributed by atoms with E-state index in [0.29, 0.717) is 16.0 Å². The van der Waals surface area contributed by atoms with Crippen molar-refractivity contribution in [1.82, 2.24) is 14.3 Å². The number of hydrogen-bond donors (Lipinski definition) is 1. The molecule has 0 spiro atoms. The van der Waals surface area contributed by atoms with Crippen LogP contribution in [0.25, 0.3) is 16.6 Å². The van der Waals surface area contributed by atoms with Crippen molar-refractivity contribution >= 4 is 40.2 Å². The highest BCUT2D eigenvalue weighted by Gasteiger charge is 2.20. The third kappa shape index (κ3) is 3.57. The summed E-state index contributed by atoms with van der Waals surface area (Å²) in [5.74, 6) is -2.77. The first-order valence-electron chi connectivity index (χ1n) is 9.12. The van der Waals surface area contributed by atoms with E-state index in [1.807, 2.05) is 6.92 Å². The summed E-state index contributed by atoms with van der Waals surface area (Å²) in [5.41, 5.74) is 0.468. The first kappa shape index (κ1) is 20.4. The summed E-state index contributed by atoms with van der Waals surface area (Å²) >= 11 is 7.04. The van der Waals surface area contributed by atoms with Crippen molar-refractivity contribution in [2.75, 3.05) is 0 Å². The lowest BCUT2D eigenvalue weighted by Gasteiger charge is -2.05. The van der Waals surface area contributed by atoms with Crippen molar-refractivity contribution in [3.8, 4) is 5.69 Å². The molecule has 2 aromatic heterocycles. The number of carboxylic acid groups (broad SMARTS) is 1. The van der Waals surface area contributed by atoms with Crippen molar-refractivity contribution in [2.45, 2.75) is 29.7 Å². The maximum atomic E-state index is 15.0. The van der Waals surface area contributed by atoms with Crippen LogP contribution in [0.3, 0.4) is 0 Å². The highest BCUT2D eigenvalue weighted by molar-refractivity contribution is 7.99. The Bertz CT molecular complexity index is 1270. The molecule has 9 heteroatoms. The molecule has 4 rings (SSSR count). The zero-order valence-corrected chi connectivity index (χ0v) is 17.3.